The molecule has 18 heavy (non-hydrogen) atoms. The zero-order chi connectivity index (χ0) is 13.1. The first kappa shape index (κ1) is 13.3. The van der Waals surface area contributed by atoms with Crippen LogP contribution in [0, 0.1) is 5.82 Å². The number of aromatic nitrogens is 1. The number of hydrogen-bond acceptors (Lipinski definition) is 2. The molecule has 2 nitrogen and oxygen atoms in total. The molecule has 0 unspecified atom stereocenters. The summed E-state index contributed by atoms with van der Waals surface area (Å²) in [6, 6.07) is 8.79. The lowest BCUT2D eigenvalue weighted by Crippen LogP contribution is -2.00. The van der Waals surface area contributed by atoms with Crippen molar-refractivity contribution in [1.82, 2.24) is 4.98 Å². The largest absolute Gasteiger partial charge is 0.370 e. The highest BCUT2D eigenvalue weighted by Crippen LogP contribution is 2.32. The Hall–Kier alpha value is -1.13. The Morgan fingerprint density at radius 2 is 2.11 bits per heavy atom. The number of pyridine rings is 1. The van der Waals surface area contributed by atoms with Gasteiger partial charge in [-0.1, -0.05) is 17.7 Å². The Balaban J connectivity index is 2.48. The number of benzene rings is 1. The van der Waals surface area contributed by atoms with E-state index in [1.807, 2.05) is 19.1 Å². The summed E-state index contributed by atoms with van der Waals surface area (Å²) in [6.07, 6.45) is 0. The lowest BCUT2D eigenvalue weighted by molar-refractivity contribution is 0.630. The normalized spacial score (nSPS) is 10.4. The molecule has 1 heterocycles. The van der Waals surface area contributed by atoms with Crippen molar-refractivity contribution in [3.8, 4) is 11.3 Å². The van der Waals surface area contributed by atoms with Crippen LogP contribution in [-0.4, -0.2) is 11.5 Å². The summed E-state index contributed by atoms with van der Waals surface area (Å²) in [7, 11) is 0. The smallest absolute Gasteiger partial charge is 0.152 e. The van der Waals surface area contributed by atoms with Crippen molar-refractivity contribution in [2.45, 2.75) is 6.92 Å². The molecule has 0 aliphatic rings. The molecule has 5 heteroatoms. The zero-order valence-electron chi connectivity index (χ0n) is 9.67. The number of nitrogens with one attached hydrogen (secondary N) is 1. The van der Waals surface area contributed by atoms with Gasteiger partial charge < -0.3 is 5.32 Å². The van der Waals surface area contributed by atoms with Crippen molar-refractivity contribution in [3.05, 3.63) is 45.6 Å². The van der Waals surface area contributed by atoms with Crippen molar-refractivity contribution in [2.75, 3.05) is 11.9 Å². The molecule has 0 radical (unpaired) electrons. The number of rotatable bonds is 3. The van der Waals surface area contributed by atoms with Gasteiger partial charge in [-0.15, -0.1) is 0 Å². The van der Waals surface area contributed by atoms with Gasteiger partial charge in [0.25, 0.3) is 0 Å². The molecular weight excluding hydrogens is 319 g/mol. The first-order valence-electron chi connectivity index (χ1n) is 5.48. The highest BCUT2D eigenvalue weighted by molar-refractivity contribution is 9.10. The van der Waals surface area contributed by atoms with Gasteiger partial charge in [-0.25, -0.2) is 9.37 Å². The maximum Gasteiger partial charge on any atom is 0.152 e. The standard InChI is InChI=1S/C13H11BrClFN2/c1-2-17-11-5-3-4-10(18-11)8-6-7-9(14)12(15)13(8)16/h3-7H,2H2,1H3,(H,17,18). The predicted octanol–water partition coefficient (Wildman–Crippen LogP) is 4.74. The van der Waals surface area contributed by atoms with E-state index in [4.69, 9.17) is 11.6 Å². The van der Waals surface area contributed by atoms with Crippen molar-refractivity contribution < 1.29 is 4.39 Å². The third-order valence-corrected chi connectivity index (χ3v) is 3.68. The molecule has 0 aliphatic heterocycles. The van der Waals surface area contributed by atoms with Gasteiger partial charge in [0.05, 0.1) is 10.7 Å². The first-order valence-corrected chi connectivity index (χ1v) is 6.65. The summed E-state index contributed by atoms with van der Waals surface area (Å²) in [5.74, 6) is 0.251. The lowest BCUT2D eigenvalue weighted by Gasteiger charge is -2.08. The van der Waals surface area contributed by atoms with E-state index >= 15 is 0 Å². The molecule has 0 fully saturated rings. The van der Waals surface area contributed by atoms with Crippen LogP contribution in [0.1, 0.15) is 6.92 Å². The Morgan fingerprint density at radius 1 is 1.33 bits per heavy atom. The molecule has 0 aliphatic carbocycles. The van der Waals surface area contributed by atoms with E-state index in [9.17, 15) is 4.39 Å². The van der Waals surface area contributed by atoms with E-state index < -0.39 is 5.82 Å². The number of nitrogens with zero attached hydrogens (tertiary/aromatic N) is 1. The minimum atomic E-state index is -0.466. The Kier molecular flexibility index (Phi) is 4.19. The molecule has 0 atom stereocenters. The summed E-state index contributed by atoms with van der Waals surface area (Å²) in [6.45, 7) is 2.74. The van der Waals surface area contributed by atoms with Crippen LogP contribution in [-0.2, 0) is 0 Å². The SMILES string of the molecule is CCNc1cccc(-c2ccc(Br)c(Cl)c2F)n1. The molecule has 1 aromatic carbocycles. The van der Waals surface area contributed by atoms with E-state index in [1.165, 1.54) is 0 Å². The average molecular weight is 330 g/mol. The van der Waals surface area contributed by atoms with Gasteiger partial charge in [-0.05, 0) is 47.1 Å². The van der Waals surface area contributed by atoms with Gasteiger partial charge in [-0.2, -0.15) is 0 Å². The molecule has 0 saturated heterocycles. The van der Waals surface area contributed by atoms with Crippen LogP contribution in [0.5, 0.6) is 0 Å². The summed E-state index contributed by atoms with van der Waals surface area (Å²) in [5, 5.41) is 3.16. The van der Waals surface area contributed by atoms with Gasteiger partial charge in [0, 0.05) is 16.6 Å². The molecule has 0 bridgehead atoms. The van der Waals surface area contributed by atoms with E-state index in [0.29, 0.717) is 21.5 Å². The number of halogens is 3. The molecule has 1 aromatic heterocycles. The van der Waals surface area contributed by atoms with Crippen LogP contribution in [0.2, 0.25) is 5.02 Å². The van der Waals surface area contributed by atoms with Crippen LogP contribution < -0.4 is 5.32 Å². The minimum Gasteiger partial charge on any atom is -0.370 e. The summed E-state index contributed by atoms with van der Waals surface area (Å²) >= 11 is 9.06. The first-order chi connectivity index (χ1) is 8.63. The Labute approximate surface area is 118 Å². The van der Waals surface area contributed by atoms with Gasteiger partial charge in [0.2, 0.25) is 0 Å². The predicted molar refractivity (Wildman–Crippen MR) is 76.5 cm³/mol. The van der Waals surface area contributed by atoms with Crippen molar-refractivity contribution in [3.63, 3.8) is 0 Å². The summed E-state index contributed by atoms with van der Waals surface area (Å²) in [5.41, 5.74) is 0.948. The fraction of sp³-hybridized carbons (Fsp3) is 0.154. The molecule has 0 amide bonds. The topological polar surface area (TPSA) is 24.9 Å². The molecule has 2 rings (SSSR count). The van der Waals surface area contributed by atoms with Crippen molar-refractivity contribution in [2.24, 2.45) is 0 Å². The highest BCUT2D eigenvalue weighted by atomic mass is 79.9. The molecule has 0 spiro atoms. The summed E-state index contributed by atoms with van der Waals surface area (Å²) in [4.78, 5) is 4.34. The molecule has 2 aromatic rings. The van der Waals surface area contributed by atoms with Crippen molar-refractivity contribution >= 4 is 33.3 Å². The monoisotopic (exact) mass is 328 g/mol. The second-order valence-electron chi connectivity index (χ2n) is 3.66. The van der Waals surface area contributed by atoms with Gasteiger partial charge in [0.15, 0.2) is 5.82 Å². The lowest BCUT2D eigenvalue weighted by atomic mass is 10.1. The zero-order valence-corrected chi connectivity index (χ0v) is 12.0. The Bertz CT molecular complexity index is 575. The van der Waals surface area contributed by atoms with Gasteiger partial charge >= 0.3 is 0 Å². The van der Waals surface area contributed by atoms with Crippen LogP contribution in [0.4, 0.5) is 10.2 Å². The fourth-order valence-corrected chi connectivity index (χ4v) is 2.06. The maximum atomic E-state index is 14.0. The second kappa shape index (κ2) is 5.67. The second-order valence-corrected chi connectivity index (χ2v) is 4.89. The molecule has 1 N–H and O–H groups in total. The van der Waals surface area contributed by atoms with Gasteiger partial charge in [0.1, 0.15) is 5.82 Å². The molecule has 0 saturated carbocycles. The van der Waals surface area contributed by atoms with E-state index in [0.717, 1.165) is 6.54 Å². The van der Waals surface area contributed by atoms with E-state index in [2.05, 4.69) is 26.2 Å². The van der Waals surface area contributed by atoms with E-state index in [1.54, 1.807) is 18.2 Å². The minimum absolute atomic E-state index is 0.0724. The average Bonchev–Trinajstić information content (AvgIpc) is 2.37. The fourth-order valence-electron chi connectivity index (χ4n) is 1.59. The number of hydrogen-bond donors (Lipinski definition) is 1. The third kappa shape index (κ3) is 2.65. The number of anilines is 1. The Morgan fingerprint density at radius 3 is 2.83 bits per heavy atom. The molecular formula is C13H11BrClFN2. The van der Waals surface area contributed by atoms with Crippen LogP contribution in [0.15, 0.2) is 34.8 Å². The van der Waals surface area contributed by atoms with Crippen LogP contribution in [0.25, 0.3) is 11.3 Å². The third-order valence-electron chi connectivity index (χ3n) is 2.42. The molecule has 94 valence electrons. The van der Waals surface area contributed by atoms with Crippen molar-refractivity contribution in [1.29, 1.82) is 0 Å². The quantitative estimate of drug-likeness (QED) is 0.823. The van der Waals surface area contributed by atoms with Crippen LogP contribution >= 0.6 is 27.5 Å². The van der Waals surface area contributed by atoms with Crippen LogP contribution in [0.3, 0.4) is 0 Å². The van der Waals surface area contributed by atoms with E-state index in [-0.39, 0.29) is 5.02 Å². The highest BCUT2D eigenvalue weighted by Gasteiger charge is 2.12. The van der Waals surface area contributed by atoms with Gasteiger partial charge in [-0.3, -0.25) is 0 Å². The summed E-state index contributed by atoms with van der Waals surface area (Å²) < 4.78 is 14.6. The maximum absolute atomic E-state index is 14.0.